The molecule has 0 amide bonds. The molecule has 20 heavy (non-hydrogen) atoms. The van der Waals surface area contributed by atoms with E-state index in [-0.39, 0.29) is 12.4 Å². The molecule has 2 rings (SSSR count). The van der Waals surface area contributed by atoms with E-state index in [1.165, 1.54) is 38.0 Å². The summed E-state index contributed by atoms with van der Waals surface area (Å²) >= 11 is 0. The molecule has 1 aromatic rings. The lowest BCUT2D eigenvalue weighted by atomic mass is 9.98. The molecule has 1 saturated heterocycles. The molecule has 1 fully saturated rings. The van der Waals surface area contributed by atoms with E-state index in [9.17, 15) is 0 Å². The molecule has 0 spiro atoms. The summed E-state index contributed by atoms with van der Waals surface area (Å²) in [5, 5.41) is 3.42. The Morgan fingerprint density at radius 1 is 1.25 bits per heavy atom. The van der Waals surface area contributed by atoms with Crippen molar-refractivity contribution >= 4 is 12.4 Å². The number of ether oxygens (including phenoxy) is 1. The number of aryl methyl sites for hydroxylation is 1. The van der Waals surface area contributed by atoms with Crippen LogP contribution in [0.2, 0.25) is 0 Å². The Morgan fingerprint density at radius 3 is 2.65 bits per heavy atom. The number of halogens is 1. The number of para-hydroxylation sites is 1. The van der Waals surface area contributed by atoms with Gasteiger partial charge >= 0.3 is 0 Å². The summed E-state index contributed by atoms with van der Waals surface area (Å²) in [4.78, 5) is 2.40. The Balaban J connectivity index is 0.00000200. The minimum Gasteiger partial charge on any atom is -0.492 e. The highest BCUT2D eigenvalue weighted by Gasteiger charge is 2.14. The number of rotatable bonds is 6. The summed E-state index contributed by atoms with van der Waals surface area (Å²) in [5.74, 6) is 1.86. The minimum absolute atomic E-state index is 0. The van der Waals surface area contributed by atoms with Gasteiger partial charge in [0.05, 0.1) is 0 Å². The second-order valence-corrected chi connectivity index (χ2v) is 5.57. The van der Waals surface area contributed by atoms with Crippen LogP contribution >= 0.6 is 12.4 Å². The van der Waals surface area contributed by atoms with Crippen molar-refractivity contribution in [1.82, 2.24) is 10.2 Å². The molecule has 3 nitrogen and oxygen atoms in total. The fraction of sp³-hybridized carbons (Fsp3) is 0.625. The number of hydrogen-bond donors (Lipinski definition) is 1. The first-order valence-electron chi connectivity index (χ1n) is 7.33. The molecule has 0 aliphatic carbocycles. The van der Waals surface area contributed by atoms with Crippen LogP contribution < -0.4 is 10.1 Å². The number of piperidine rings is 1. The Hall–Kier alpha value is -0.770. The summed E-state index contributed by atoms with van der Waals surface area (Å²) in [6.07, 6.45) is 2.62. The number of nitrogens with one attached hydrogen (secondary N) is 1. The van der Waals surface area contributed by atoms with E-state index in [2.05, 4.69) is 30.3 Å². The zero-order chi connectivity index (χ0) is 13.5. The van der Waals surface area contributed by atoms with Crippen LogP contribution in [0.1, 0.15) is 18.4 Å². The van der Waals surface area contributed by atoms with Gasteiger partial charge in [-0.05, 0) is 57.5 Å². The molecule has 0 aromatic heterocycles. The van der Waals surface area contributed by atoms with Gasteiger partial charge in [0.1, 0.15) is 12.4 Å². The number of benzene rings is 1. The Morgan fingerprint density at radius 2 is 1.95 bits per heavy atom. The second-order valence-electron chi connectivity index (χ2n) is 5.57. The van der Waals surface area contributed by atoms with Gasteiger partial charge in [-0.25, -0.2) is 0 Å². The standard InChI is InChI=1S/C16H26N2O.ClH/c1-14-5-3-4-6-16(14)19-12-11-18(2)13-15-7-9-17-10-8-15;/h3-6,15,17H,7-13H2,1-2H3;1H. The first-order chi connectivity index (χ1) is 9.25. The average molecular weight is 299 g/mol. The van der Waals surface area contributed by atoms with Crippen molar-refractivity contribution in [2.24, 2.45) is 5.92 Å². The molecule has 1 heterocycles. The molecule has 0 saturated carbocycles. The highest BCUT2D eigenvalue weighted by Crippen LogP contribution is 2.16. The third-order valence-corrected chi connectivity index (χ3v) is 3.85. The summed E-state index contributed by atoms with van der Waals surface area (Å²) in [6, 6.07) is 8.21. The van der Waals surface area contributed by atoms with Crippen LogP contribution in [0.5, 0.6) is 5.75 Å². The maximum Gasteiger partial charge on any atom is 0.122 e. The van der Waals surface area contributed by atoms with E-state index in [1.54, 1.807) is 0 Å². The van der Waals surface area contributed by atoms with Crippen LogP contribution in [0.4, 0.5) is 0 Å². The van der Waals surface area contributed by atoms with Crippen LogP contribution in [-0.4, -0.2) is 44.7 Å². The summed E-state index contributed by atoms with van der Waals surface area (Å²) in [7, 11) is 2.20. The maximum absolute atomic E-state index is 5.84. The molecule has 0 bridgehead atoms. The largest absolute Gasteiger partial charge is 0.492 e. The number of hydrogen-bond acceptors (Lipinski definition) is 3. The van der Waals surface area contributed by atoms with Crippen LogP contribution in [-0.2, 0) is 0 Å². The van der Waals surface area contributed by atoms with Crippen molar-refractivity contribution in [3.05, 3.63) is 29.8 Å². The molecule has 0 radical (unpaired) electrons. The van der Waals surface area contributed by atoms with Gasteiger partial charge in [0.25, 0.3) is 0 Å². The second kappa shape index (κ2) is 9.22. The number of likely N-dealkylation sites (N-methyl/N-ethyl adjacent to an activating group) is 1. The molecular formula is C16H27ClN2O. The molecule has 4 heteroatoms. The molecule has 0 unspecified atom stereocenters. The predicted molar refractivity (Wildman–Crippen MR) is 87.0 cm³/mol. The lowest BCUT2D eigenvalue weighted by Crippen LogP contribution is -2.36. The van der Waals surface area contributed by atoms with Gasteiger partial charge in [-0.15, -0.1) is 12.4 Å². The van der Waals surface area contributed by atoms with E-state index < -0.39 is 0 Å². The van der Waals surface area contributed by atoms with E-state index in [0.29, 0.717) is 0 Å². The summed E-state index contributed by atoms with van der Waals surface area (Å²) in [6.45, 7) is 7.41. The van der Waals surface area contributed by atoms with E-state index in [4.69, 9.17) is 4.74 Å². The molecule has 114 valence electrons. The van der Waals surface area contributed by atoms with Crippen LogP contribution in [0.15, 0.2) is 24.3 Å². The molecule has 1 aliphatic heterocycles. The Bertz CT molecular complexity index is 380. The zero-order valence-electron chi connectivity index (χ0n) is 12.6. The molecule has 0 atom stereocenters. The maximum atomic E-state index is 5.84. The smallest absolute Gasteiger partial charge is 0.122 e. The Kier molecular flexibility index (Phi) is 7.97. The van der Waals surface area contributed by atoms with Gasteiger partial charge < -0.3 is 15.0 Å². The van der Waals surface area contributed by atoms with Gasteiger partial charge in [0.2, 0.25) is 0 Å². The normalized spacial score (nSPS) is 15.9. The fourth-order valence-electron chi connectivity index (χ4n) is 2.63. The predicted octanol–water partition coefficient (Wildman–Crippen LogP) is 2.73. The highest BCUT2D eigenvalue weighted by atomic mass is 35.5. The van der Waals surface area contributed by atoms with E-state index >= 15 is 0 Å². The van der Waals surface area contributed by atoms with Gasteiger partial charge in [-0.2, -0.15) is 0 Å². The molecular weight excluding hydrogens is 272 g/mol. The first-order valence-corrected chi connectivity index (χ1v) is 7.33. The van der Waals surface area contributed by atoms with Crippen LogP contribution in [0, 0.1) is 12.8 Å². The SMILES string of the molecule is Cc1ccccc1OCCN(C)CC1CCNCC1.Cl. The number of nitrogens with zero attached hydrogens (tertiary/aromatic N) is 1. The average Bonchev–Trinajstić information content (AvgIpc) is 2.42. The van der Waals surface area contributed by atoms with Gasteiger partial charge in [0, 0.05) is 13.1 Å². The highest BCUT2D eigenvalue weighted by molar-refractivity contribution is 5.85. The van der Waals surface area contributed by atoms with E-state index in [0.717, 1.165) is 24.8 Å². The third kappa shape index (κ3) is 5.70. The summed E-state index contributed by atoms with van der Waals surface area (Å²) < 4.78 is 5.84. The molecule has 1 aliphatic rings. The topological polar surface area (TPSA) is 24.5 Å². The van der Waals surface area contributed by atoms with Crippen molar-refractivity contribution in [2.75, 3.05) is 39.8 Å². The lowest BCUT2D eigenvalue weighted by Gasteiger charge is -2.27. The molecule has 1 aromatic carbocycles. The lowest BCUT2D eigenvalue weighted by molar-refractivity contribution is 0.198. The van der Waals surface area contributed by atoms with Crippen molar-refractivity contribution in [1.29, 1.82) is 0 Å². The van der Waals surface area contributed by atoms with Crippen LogP contribution in [0.25, 0.3) is 0 Å². The fourth-order valence-corrected chi connectivity index (χ4v) is 2.63. The van der Waals surface area contributed by atoms with Gasteiger partial charge in [-0.3, -0.25) is 0 Å². The third-order valence-electron chi connectivity index (χ3n) is 3.85. The first kappa shape index (κ1) is 17.3. The van der Waals surface area contributed by atoms with Crippen molar-refractivity contribution in [2.45, 2.75) is 19.8 Å². The van der Waals surface area contributed by atoms with Crippen molar-refractivity contribution in [3.8, 4) is 5.75 Å². The minimum atomic E-state index is 0. The van der Waals surface area contributed by atoms with Crippen molar-refractivity contribution in [3.63, 3.8) is 0 Å². The zero-order valence-corrected chi connectivity index (χ0v) is 13.4. The Labute approximate surface area is 129 Å². The van der Waals surface area contributed by atoms with Gasteiger partial charge in [0.15, 0.2) is 0 Å². The summed E-state index contributed by atoms with van der Waals surface area (Å²) in [5.41, 5.74) is 1.21. The van der Waals surface area contributed by atoms with Crippen molar-refractivity contribution < 1.29 is 4.74 Å². The van der Waals surface area contributed by atoms with Gasteiger partial charge in [-0.1, -0.05) is 18.2 Å². The molecule has 1 N–H and O–H groups in total. The van der Waals surface area contributed by atoms with E-state index in [1.807, 2.05) is 18.2 Å². The quantitative estimate of drug-likeness (QED) is 0.874. The van der Waals surface area contributed by atoms with Crippen LogP contribution in [0.3, 0.4) is 0 Å². The monoisotopic (exact) mass is 298 g/mol.